The lowest BCUT2D eigenvalue weighted by molar-refractivity contribution is -0.118. The summed E-state index contributed by atoms with van der Waals surface area (Å²) < 4.78 is 0. The van der Waals surface area contributed by atoms with Crippen molar-refractivity contribution < 1.29 is 9.59 Å². The third kappa shape index (κ3) is 3.72. The van der Waals surface area contributed by atoms with E-state index in [-0.39, 0.29) is 17.9 Å². The van der Waals surface area contributed by atoms with Gasteiger partial charge in [0.1, 0.15) is 0 Å². The van der Waals surface area contributed by atoms with E-state index >= 15 is 0 Å². The van der Waals surface area contributed by atoms with Crippen molar-refractivity contribution in [3.63, 3.8) is 0 Å². The molecule has 0 aromatic heterocycles. The molecular formula is C17H22N2O2. The van der Waals surface area contributed by atoms with Gasteiger partial charge in [-0.15, -0.1) is 0 Å². The van der Waals surface area contributed by atoms with Crippen LogP contribution in [0.4, 0.5) is 0 Å². The second-order valence-corrected chi connectivity index (χ2v) is 5.67. The average Bonchev–Trinajstić information content (AvgIpc) is 2.46. The van der Waals surface area contributed by atoms with Gasteiger partial charge in [-0.1, -0.05) is 24.3 Å². The molecule has 1 heterocycles. The second kappa shape index (κ2) is 6.57. The van der Waals surface area contributed by atoms with E-state index in [0.717, 1.165) is 16.7 Å². The molecule has 0 radical (unpaired) electrons. The van der Waals surface area contributed by atoms with Gasteiger partial charge in [-0.05, 0) is 38.8 Å². The Morgan fingerprint density at radius 2 is 1.95 bits per heavy atom. The number of hydrogen-bond acceptors (Lipinski definition) is 2. The fourth-order valence-corrected chi connectivity index (χ4v) is 2.40. The van der Waals surface area contributed by atoms with Crippen LogP contribution in [-0.2, 0) is 4.79 Å². The first-order valence-electron chi connectivity index (χ1n) is 7.34. The number of carbonyl (C=O) groups is 2. The molecule has 0 aliphatic carbocycles. The number of carbonyl (C=O) groups excluding carboxylic acids is 2. The number of nitrogens with zero attached hydrogens (tertiary/aromatic N) is 1. The van der Waals surface area contributed by atoms with Crippen molar-refractivity contribution in [3.05, 3.63) is 47.0 Å². The van der Waals surface area contributed by atoms with E-state index in [1.54, 1.807) is 4.90 Å². The Morgan fingerprint density at radius 1 is 1.24 bits per heavy atom. The summed E-state index contributed by atoms with van der Waals surface area (Å²) in [5, 5.41) is 2.89. The van der Waals surface area contributed by atoms with Crippen molar-refractivity contribution in [2.75, 3.05) is 13.1 Å². The zero-order chi connectivity index (χ0) is 15.4. The Bertz CT molecular complexity index is 576. The molecule has 1 aromatic rings. The van der Waals surface area contributed by atoms with Crippen LogP contribution in [0.15, 0.2) is 35.9 Å². The van der Waals surface area contributed by atoms with E-state index in [9.17, 15) is 9.59 Å². The first-order chi connectivity index (χ1) is 9.99. The normalized spacial score (nSPS) is 14.9. The lowest BCUT2D eigenvalue weighted by atomic mass is 10.0. The Labute approximate surface area is 125 Å². The van der Waals surface area contributed by atoms with Crippen LogP contribution in [0.3, 0.4) is 0 Å². The summed E-state index contributed by atoms with van der Waals surface area (Å²) in [6, 6.07) is 7.72. The standard InChI is InChI=1S/C17H22N2O2/c1-12(2)18-16(20)14-8-10-19(11-9-14)17(21)15-7-5-4-6-13(15)3/h4-8,12H,9-11H2,1-3H3,(H,18,20). The molecule has 0 fully saturated rings. The number of rotatable bonds is 3. The summed E-state index contributed by atoms with van der Waals surface area (Å²) in [5.41, 5.74) is 2.49. The number of amides is 2. The second-order valence-electron chi connectivity index (χ2n) is 5.67. The first-order valence-corrected chi connectivity index (χ1v) is 7.34. The van der Waals surface area contributed by atoms with Crippen molar-refractivity contribution in [1.29, 1.82) is 0 Å². The maximum absolute atomic E-state index is 12.5. The van der Waals surface area contributed by atoms with Gasteiger partial charge in [-0.25, -0.2) is 0 Å². The van der Waals surface area contributed by atoms with Crippen LogP contribution in [0.1, 0.15) is 36.2 Å². The van der Waals surface area contributed by atoms with Crippen molar-refractivity contribution >= 4 is 11.8 Å². The highest BCUT2D eigenvalue weighted by Crippen LogP contribution is 2.16. The molecule has 1 aliphatic rings. The third-order valence-electron chi connectivity index (χ3n) is 3.58. The quantitative estimate of drug-likeness (QED) is 0.927. The van der Waals surface area contributed by atoms with Gasteiger partial charge >= 0.3 is 0 Å². The molecule has 1 aromatic carbocycles. The minimum atomic E-state index is -0.0204. The molecule has 1 aliphatic heterocycles. The molecule has 112 valence electrons. The fourth-order valence-electron chi connectivity index (χ4n) is 2.40. The van der Waals surface area contributed by atoms with Crippen LogP contribution in [-0.4, -0.2) is 35.8 Å². The monoisotopic (exact) mass is 286 g/mol. The predicted molar refractivity (Wildman–Crippen MR) is 83.1 cm³/mol. The number of benzene rings is 1. The van der Waals surface area contributed by atoms with E-state index in [1.165, 1.54) is 0 Å². The minimum absolute atomic E-state index is 0.0204. The Hall–Kier alpha value is -2.10. The van der Waals surface area contributed by atoms with Gasteiger partial charge in [-0.3, -0.25) is 9.59 Å². The van der Waals surface area contributed by atoms with Crippen molar-refractivity contribution in [2.24, 2.45) is 0 Å². The number of nitrogens with one attached hydrogen (secondary N) is 1. The SMILES string of the molecule is Cc1ccccc1C(=O)N1CC=C(C(=O)NC(C)C)CC1. The molecule has 0 atom stereocenters. The van der Waals surface area contributed by atoms with Crippen LogP contribution in [0.2, 0.25) is 0 Å². The third-order valence-corrected chi connectivity index (χ3v) is 3.58. The van der Waals surface area contributed by atoms with E-state index < -0.39 is 0 Å². The largest absolute Gasteiger partial charge is 0.350 e. The highest BCUT2D eigenvalue weighted by molar-refractivity contribution is 5.97. The van der Waals surface area contributed by atoms with Crippen LogP contribution in [0, 0.1) is 6.92 Å². The lowest BCUT2D eigenvalue weighted by Gasteiger charge is -2.27. The molecular weight excluding hydrogens is 264 g/mol. The van der Waals surface area contributed by atoms with Gasteiger partial charge in [0.05, 0.1) is 0 Å². The van der Waals surface area contributed by atoms with Gasteiger partial charge in [0, 0.05) is 30.3 Å². The van der Waals surface area contributed by atoms with E-state index in [0.29, 0.717) is 19.5 Å². The highest BCUT2D eigenvalue weighted by Gasteiger charge is 2.22. The molecule has 4 heteroatoms. The lowest BCUT2D eigenvalue weighted by Crippen LogP contribution is -2.39. The molecule has 4 nitrogen and oxygen atoms in total. The van der Waals surface area contributed by atoms with Crippen molar-refractivity contribution in [3.8, 4) is 0 Å². The first kappa shape index (κ1) is 15.3. The van der Waals surface area contributed by atoms with Crippen LogP contribution >= 0.6 is 0 Å². The van der Waals surface area contributed by atoms with Gasteiger partial charge < -0.3 is 10.2 Å². The van der Waals surface area contributed by atoms with Gasteiger partial charge in [-0.2, -0.15) is 0 Å². The predicted octanol–water partition coefficient (Wildman–Crippen LogP) is 2.29. The molecule has 0 spiro atoms. The summed E-state index contributed by atoms with van der Waals surface area (Å²) in [6.45, 7) is 6.90. The molecule has 21 heavy (non-hydrogen) atoms. The Kier molecular flexibility index (Phi) is 4.78. The van der Waals surface area contributed by atoms with Gasteiger partial charge in [0.25, 0.3) is 5.91 Å². The summed E-state index contributed by atoms with van der Waals surface area (Å²) >= 11 is 0. The maximum atomic E-state index is 12.5. The van der Waals surface area contributed by atoms with E-state index in [1.807, 2.05) is 51.1 Å². The molecule has 0 saturated carbocycles. The summed E-state index contributed by atoms with van der Waals surface area (Å²) in [5.74, 6) is 0.0145. The molecule has 0 bridgehead atoms. The van der Waals surface area contributed by atoms with Crippen LogP contribution in [0.5, 0.6) is 0 Å². The van der Waals surface area contributed by atoms with Crippen LogP contribution in [0.25, 0.3) is 0 Å². The maximum Gasteiger partial charge on any atom is 0.254 e. The molecule has 2 rings (SSSR count). The average molecular weight is 286 g/mol. The zero-order valence-corrected chi connectivity index (χ0v) is 12.8. The molecule has 0 unspecified atom stereocenters. The Balaban J connectivity index is 2.03. The highest BCUT2D eigenvalue weighted by atomic mass is 16.2. The van der Waals surface area contributed by atoms with Crippen LogP contribution < -0.4 is 5.32 Å². The smallest absolute Gasteiger partial charge is 0.254 e. The zero-order valence-electron chi connectivity index (χ0n) is 12.8. The Morgan fingerprint density at radius 3 is 2.52 bits per heavy atom. The van der Waals surface area contributed by atoms with Crippen molar-refractivity contribution in [2.45, 2.75) is 33.2 Å². The van der Waals surface area contributed by atoms with E-state index in [2.05, 4.69) is 5.32 Å². The van der Waals surface area contributed by atoms with Gasteiger partial charge in [0.2, 0.25) is 5.91 Å². The number of hydrogen-bond donors (Lipinski definition) is 1. The summed E-state index contributed by atoms with van der Waals surface area (Å²) in [4.78, 5) is 26.2. The van der Waals surface area contributed by atoms with Gasteiger partial charge in [0.15, 0.2) is 0 Å². The van der Waals surface area contributed by atoms with Crippen molar-refractivity contribution in [1.82, 2.24) is 10.2 Å². The fraction of sp³-hybridized carbons (Fsp3) is 0.412. The van der Waals surface area contributed by atoms with E-state index in [4.69, 9.17) is 0 Å². The minimum Gasteiger partial charge on any atom is -0.350 e. The molecule has 1 N–H and O–H groups in total. The molecule has 0 saturated heterocycles. The topological polar surface area (TPSA) is 49.4 Å². The number of aryl methyl sites for hydroxylation is 1. The summed E-state index contributed by atoms with van der Waals surface area (Å²) in [6.07, 6.45) is 2.47. The summed E-state index contributed by atoms with van der Waals surface area (Å²) in [7, 11) is 0. The molecule has 2 amide bonds.